The highest BCUT2D eigenvalue weighted by atomic mass is 19.1. The van der Waals surface area contributed by atoms with Crippen molar-refractivity contribution in [3.05, 3.63) is 65.5 Å². The molecule has 0 spiro atoms. The Morgan fingerprint density at radius 3 is 2.21 bits per heavy atom. The molecule has 0 saturated carbocycles. The number of carbonyl (C=O) groups is 1. The molecule has 19 heavy (non-hydrogen) atoms. The molecule has 0 fully saturated rings. The zero-order valence-corrected chi connectivity index (χ0v) is 10.4. The average molecular weight is 258 g/mol. The van der Waals surface area contributed by atoms with Gasteiger partial charge in [0, 0.05) is 12.2 Å². The first-order valence-electron chi connectivity index (χ1n) is 5.99. The Labute approximate surface area is 111 Å². The average Bonchev–Trinajstić information content (AvgIpc) is 2.41. The standard InChI is InChI=1S/C15H15FN2O/c16-13-5-1-12(2-6-13)10-18-15(19)9-11-3-7-14(17)8-4-11/h1-8H,9-10,17H2,(H,18,19). The Balaban J connectivity index is 1.84. The lowest BCUT2D eigenvalue weighted by Crippen LogP contribution is -2.24. The molecule has 0 aliphatic heterocycles. The van der Waals surface area contributed by atoms with Gasteiger partial charge in [0.1, 0.15) is 5.82 Å². The van der Waals surface area contributed by atoms with Gasteiger partial charge in [0.2, 0.25) is 5.91 Å². The molecule has 0 heterocycles. The molecular weight excluding hydrogens is 243 g/mol. The van der Waals surface area contributed by atoms with Gasteiger partial charge in [-0.3, -0.25) is 4.79 Å². The SMILES string of the molecule is Nc1ccc(CC(=O)NCc2ccc(F)cc2)cc1. The van der Waals surface area contributed by atoms with Crippen molar-refractivity contribution in [3.63, 3.8) is 0 Å². The Bertz CT molecular complexity index is 549. The van der Waals surface area contributed by atoms with Crippen LogP contribution in [0.5, 0.6) is 0 Å². The predicted molar refractivity (Wildman–Crippen MR) is 72.8 cm³/mol. The number of hydrogen-bond acceptors (Lipinski definition) is 2. The van der Waals surface area contributed by atoms with E-state index in [0.29, 0.717) is 18.7 Å². The summed E-state index contributed by atoms with van der Waals surface area (Å²) in [5, 5.41) is 2.79. The Kier molecular flexibility index (Phi) is 4.13. The van der Waals surface area contributed by atoms with E-state index in [1.54, 1.807) is 24.3 Å². The van der Waals surface area contributed by atoms with Crippen molar-refractivity contribution in [1.82, 2.24) is 5.32 Å². The van der Waals surface area contributed by atoms with E-state index < -0.39 is 0 Å². The lowest BCUT2D eigenvalue weighted by Gasteiger charge is -2.06. The van der Waals surface area contributed by atoms with E-state index in [1.807, 2.05) is 12.1 Å². The molecule has 0 atom stereocenters. The summed E-state index contributed by atoms with van der Waals surface area (Å²) in [6.07, 6.45) is 0.307. The first kappa shape index (κ1) is 13.1. The van der Waals surface area contributed by atoms with Crippen LogP contribution in [0, 0.1) is 5.82 Å². The minimum absolute atomic E-state index is 0.0749. The number of hydrogen-bond donors (Lipinski definition) is 2. The number of amides is 1. The maximum atomic E-state index is 12.7. The van der Waals surface area contributed by atoms with Gasteiger partial charge >= 0.3 is 0 Å². The quantitative estimate of drug-likeness (QED) is 0.826. The van der Waals surface area contributed by atoms with Crippen molar-refractivity contribution in [2.75, 3.05) is 5.73 Å². The molecule has 1 amide bonds. The van der Waals surface area contributed by atoms with Crippen LogP contribution in [0.4, 0.5) is 10.1 Å². The first-order chi connectivity index (χ1) is 9.13. The minimum atomic E-state index is -0.281. The molecule has 2 aromatic rings. The van der Waals surface area contributed by atoms with E-state index >= 15 is 0 Å². The molecule has 0 radical (unpaired) electrons. The fraction of sp³-hybridized carbons (Fsp3) is 0.133. The second kappa shape index (κ2) is 6.00. The van der Waals surface area contributed by atoms with E-state index in [0.717, 1.165) is 11.1 Å². The summed E-state index contributed by atoms with van der Waals surface area (Å²) in [4.78, 5) is 11.7. The molecule has 0 aromatic heterocycles. The highest BCUT2D eigenvalue weighted by Crippen LogP contribution is 2.06. The highest BCUT2D eigenvalue weighted by Gasteiger charge is 2.03. The molecule has 3 N–H and O–H groups in total. The molecular formula is C15H15FN2O. The number of anilines is 1. The molecule has 4 heteroatoms. The molecule has 0 saturated heterocycles. The van der Waals surface area contributed by atoms with Crippen LogP contribution in [-0.4, -0.2) is 5.91 Å². The Morgan fingerprint density at radius 1 is 1.00 bits per heavy atom. The van der Waals surface area contributed by atoms with Crippen molar-refractivity contribution in [1.29, 1.82) is 0 Å². The number of nitrogens with one attached hydrogen (secondary N) is 1. The van der Waals surface area contributed by atoms with Crippen LogP contribution >= 0.6 is 0 Å². The van der Waals surface area contributed by atoms with Gasteiger partial charge in [-0.15, -0.1) is 0 Å². The molecule has 3 nitrogen and oxygen atoms in total. The van der Waals surface area contributed by atoms with Crippen molar-refractivity contribution < 1.29 is 9.18 Å². The van der Waals surface area contributed by atoms with Gasteiger partial charge in [-0.05, 0) is 35.4 Å². The van der Waals surface area contributed by atoms with E-state index in [9.17, 15) is 9.18 Å². The van der Waals surface area contributed by atoms with Crippen molar-refractivity contribution in [2.24, 2.45) is 0 Å². The lowest BCUT2D eigenvalue weighted by atomic mass is 10.1. The van der Waals surface area contributed by atoms with Gasteiger partial charge < -0.3 is 11.1 Å². The molecule has 0 aliphatic carbocycles. The Morgan fingerprint density at radius 2 is 1.58 bits per heavy atom. The van der Waals surface area contributed by atoms with Gasteiger partial charge in [0.05, 0.1) is 6.42 Å². The first-order valence-corrected chi connectivity index (χ1v) is 5.99. The third kappa shape index (κ3) is 4.10. The smallest absolute Gasteiger partial charge is 0.224 e. The van der Waals surface area contributed by atoms with E-state index in [2.05, 4.69) is 5.32 Å². The summed E-state index contributed by atoms with van der Waals surface area (Å²) >= 11 is 0. The van der Waals surface area contributed by atoms with Gasteiger partial charge in [0.25, 0.3) is 0 Å². The monoisotopic (exact) mass is 258 g/mol. The second-order valence-corrected chi connectivity index (χ2v) is 4.32. The molecule has 2 rings (SSSR count). The lowest BCUT2D eigenvalue weighted by molar-refractivity contribution is -0.120. The van der Waals surface area contributed by atoms with Crippen LogP contribution in [0.3, 0.4) is 0 Å². The molecule has 0 bridgehead atoms. The molecule has 0 unspecified atom stereocenters. The van der Waals surface area contributed by atoms with E-state index in [1.165, 1.54) is 12.1 Å². The van der Waals surface area contributed by atoms with Crippen molar-refractivity contribution >= 4 is 11.6 Å². The summed E-state index contributed by atoms with van der Waals surface area (Å²) in [5.41, 5.74) is 8.03. The predicted octanol–water partition coefficient (Wildman–Crippen LogP) is 2.27. The van der Waals surface area contributed by atoms with E-state index in [-0.39, 0.29) is 11.7 Å². The fourth-order valence-electron chi connectivity index (χ4n) is 1.69. The highest BCUT2D eigenvalue weighted by molar-refractivity contribution is 5.78. The summed E-state index contributed by atoms with van der Waals surface area (Å²) in [6.45, 7) is 0.397. The van der Waals surface area contributed by atoms with E-state index in [4.69, 9.17) is 5.73 Å². The molecule has 2 aromatic carbocycles. The largest absolute Gasteiger partial charge is 0.399 e. The number of nitrogens with two attached hydrogens (primary N) is 1. The van der Waals surface area contributed by atoms with Crippen LogP contribution < -0.4 is 11.1 Å². The number of nitrogen functional groups attached to an aromatic ring is 1. The normalized spacial score (nSPS) is 10.2. The van der Waals surface area contributed by atoms with Gasteiger partial charge in [0.15, 0.2) is 0 Å². The van der Waals surface area contributed by atoms with Crippen LogP contribution in [0.15, 0.2) is 48.5 Å². The number of carbonyl (C=O) groups excluding carboxylic acids is 1. The third-order valence-corrected chi connectivity index (χ3v) is 2.75. The van der Waals surface area contributed by atoms with Crippen molar-refractivity contribution in [2.45, 2.75) is 13.0 Å². The van der Waals surface area contributed by atoms with Crippen LogP contribution in [0.1, 0.15) is 11.1 Å². The maximum Gasteiger partial charge on any atom is 0.224 e. The minimum Gasteiger partial charge on any atom is -0.399 e. The summed E-state index contributed by atoms with van der Waals surface area (Å²) in [6, 6.07) is 13.2. The summed E-state index contributed by atoms with van der Waals surface area (Å²) < 4.78 is 12.7. The molecule has 0 aliphatic rings. The third-order valence-electron chi connectivity index (χ3n) is 2.75. The number of benzene rings is 2. The second-order valence-electron chi connectivity index (χ2n) is 4.32. The summed E-state index contributed by atoms with van der Waals surface area (Å²) in [5.74, 6) is -0.356. The maximum absolute atomic E-state index is 12.7. The number of rotatable bonds is 4. The van der Waals surface area contributed by atoms with Crippen LogP contribution in [0.25, 0.3) is 0 Å². The van der Waals surface area contributed by atoms with Crippen LogP contribution in [-0.2, 0) is 17.8 Å². The molecule has 98 valence electrons. The zero-order chi connectivity index (χ0) is 13.7. The fourth-order valence-corrected chi connectivity index (χ4v) is 1.69. The van der Waals surface area contributed by atoms with Gasteiger partial charge in [-0.1, -0.05) is 24.3 Å². The topological polar surface area (TPSA) is 55.1 Å². The number of halogens is 1. The summed E-state index contributed by atoms with van der Waals surface area (Å²) in [7, 11) is 0. The van der Waals surface area contributed by atoms with Gasteiger partial charge in [-0.2, -0.15) is 0 Å². The Hall–Kier alpha value is -2.36. The van der Waals surface area contributed by atoms with Crippen molar-refractivity contribution in [3.8, 4) is 0 Å². The van der Waals surface area contributed by atoms with Crippen LogP contribution in [0.2, 0.25) is 0 Å². The zero-order valence-electron chi connectivity index (χ0n) is 10.4. The van der Waals surface area contributed by atoms with Gasteiger partial charge in [-0.25, -0.2) is 4.39 Å².